The van der Waals surface area contributed by atoms with Crippen LogP contribution in [0.2, 0.25) is 5.02 Å². The second-order valence-corrected chi connectivity index (χ2v) is 12.8. The highest BCUT2D eigenvalue weighted by Gasteiger charge is 2.47. The van der Waals surface area contributed by atoms with Gasteiger partial charge < -0.3 is 15.4 Å². The molecule has 2 fully saturated rings. The van der Waals surface area contributed by atoms with Crippen LogP contribution >= 0.6 is 23.4 Å². The monoisotopic (exact) mass is 607 g/mol. The first-order chi connectivity index (χ1) is 19.1. The highest BCUT2D eigenvalue weighted by Crippen LogP contribution is 2.42. The number of rotatable bonds is 6. The molecule has 0 radical (unpaired) electrons. The van der Waals surface area contributed by atoms with Gasteiger partial charge in [-0.2, -0.15) is 0 Å². The summed E-state index contributed by atoms with van der Waals surface area (Å²) in [6.07, 6.45) is 6.69. The molecule has 15 heteroatoms. The van der Waals surface area contributed by atoms with E-state index < -0.39 is 21.9 Å². The van der Waals surface area contributed by atoms with Crippen LogP contribution in [0.25, 0.3) is 0 Å². The Balaban J connectivity index is 1.20. The quantitative estimate of drug-likeness (QED) is 0.378. The first kappa shape index (κ1) is 28.5. The van der Waals surface area contributed by atoms with E-state index in [-0.39, 0.29) is 33.3 Å². The lowest BCUT2D eigenvalue weighted by Gasteiger charge is -2.41. The highest BCUT2D eigenvalue weighted by atomic mass is 35.5. The van der Waals surface area contributed by atoms with E-state index in [0.29, 0.717) is 16.5 Å². The van der Waals surface area contributed by atoms with Crippen LogP contribution < -0.4 is 20.7 Å². The molecule has 2 saturated heterocycles. The van der Waals surface area contributed by atoms with Crippen LogP contribution in [0.3, 0.4) is 0 Å². The molecule has 0 aliphatic carbocycles. The van der Waals surface area contributed by atoms with Crippen LogP contribution in [-0.2, 0) is 14.8 Å². The maximum Gasteiger partial charge on any atom is 0.334 e. The minimum absolute atomic E-state index is 0.0189. The summed E-state index contributed by atoms with van der Waals surface area (Å²) in [7, 11) is -4.23. The molecule has 0 saturated carbocycles. The Kier molecular flexibility index (Phi) is 8.15. The third kappa shape index (κ3) is 6.00. The Labute approximate surface area is 240 Å². The molecule has 1 spiro atoms. The third-order valence-electron chi connectivity index (χ3n) is 7.20. The molecule has 2 amide bonds. The second kappa shape index (κ2) is 11.4. The van der Waals surface area contributed by atoms with Gasteiger partial charge >= 0.3 is 6.03 Å². The molecule has 5 rings (SSSR count). The van der Waals surface area contributed by atoms with E-state index in [1.165, 1.54) is 18.0 Å². The lowest BCUT2D eigenvalue weighted by molar-refractivity contribution is 0.0974. The normalized spacial score (nSPS) is 20.4. The smallest absolute Gasteiger partial charge is 0.334 e. The molecule has 40 heavy (non-hydrogen) atoms. The lowest BCUT2D eigenvalue weighted by atomic mass is 9.73. The number of hydrogen-bond acceptors (Lipinski definition) is 10. The number of carbonyl (C=O) groups excluding carboxylic acids is 1. The molecule has 212 valence electrons. The van der Waals surface area contributed by atoms with Crippen LogP contribution in [0.1, 0.15) is 19.8 Å². The lowest BCUT2D eigenvalue weighted by Crippen LogP contribution is -2.50. The number of hydrogen-bond donors (Lipinski definition) is 3. The second-order valence-electron chi connectivity index (χ2n) is 9.69. The Morgan fingerprint density at radius 3 is 2.52 bits per heavy atom. The Morgan fingerprint density at radius 2 is 1.90 bits per heavy atom. The van der Waals surface area contributed by atoms with Crippen molar-refractivity contribution in [1.82, 2.24) is 19.7 Å². The number of pyridine rings is 1. The summed E-state index contributed by atoms with van der Waals surface area (Å²) in [4.78, 5) is 27.9. The average Bonchev–Trinajstić information content (AvgIpc) is 3.20. The van der Waals surface area contributed by atoms with Gasteiger partial charge in [-0.25, -0.2) is 37.3 Å². The minimum Gasteiger partial charge on any atom is -0.376 e. The summed E-state index contributed by atoms with van der Waals surface area (Å²) in [6, 6.07) is 4.64. The fourth-order valence-corrected chi connectivity index (χ4v) is 6.75. The zero-order valence-electron chi connectivity index (χ0n) is 21.4. The van der Waals surface area contributed by atoms with Crippen molar-refractivity contribution < 1.29 is 22.3 Å². The fraction of sp³-hybridized carbons (Fsp3) is 0.360. The molecule has 11 nitrogen and oxygen atoms in total. The van der Waals surface area contributed by atoms with Gasteiger partial charge in [0.2, 0.25) is 0 Å². The number of halogens is 2. The van der Waals surface area contributed by atoms with E-state index >= 15 is 0 Å². The van der Waals surface area contributed by atoms with E-state index in [2.05, 4.69) is 25.2 Å². The molecule has 2 atom stereocenters. The first-order valence-corrected chi connectivity index (χ1v) is 15.1. The number of piperidine rings is 1. The Bertz CT molecular complexity index is 1490. The van der Waals surface area contributed by atoms with Gasteiger partial charge in [-0.05, 0) is 50.1 Å². The van der Waals surface area contributed by atoms with Crippen molar-refractivity contribution in [2.24, 2.45) is 11.1 Å². The molecule has 4 heterocycles. The summed E-state index contributed by atoms with van der Waals surface area (Å²) in [6.45, 7) is 4.35. The largest absolute Gasteiger partial charge is 0.376 e. The maximum absolute atomic E-state index is 13.1. The number of benzene rings is 1. The van der Waals surface area contributed by atoms with Gasteiger partial charge in [0.1, 0.15) is 16.7 Å². The van der Waals surface area contributed by atoms with E-state index in [0.717, 1.165) is 56.0 Å². The molecule has 0 unspecified atom stereocenters. The molecule has 4 N–H and O–H groups in total. The number of nitrogens with zero attached hydrogens (tertiary/aromatic N) is 4. The van der Waals surface area contributed by atoms with Crippen molar-refractivity contribution in [3.63, 3.8) is 0 Å². The van der Waals surface area contributed by atoms with Crippen LogP contribution in [0.4, 0.5) is 20.8 Å². The van der Waals surface area contributed by atoms with E-state index in [1.807, 2.05) is 11.6 Å². The van der Waals surface area contributed by atoms with Crippen molar-refractivity contribution in [2.75, 3.05) is 29.9 Å². The number of amides is 2. The summed E-state index contributed by atoms with van der Waals surface area (Å²) < 4.78 is 45.5. The van der Waals surface area contributed by atoms with Crippen molar-refractivity contribution in [3.8, 4) is 0 Å². The van der Waals surface area contributed by atoms with Crippen molar-refractivity contribution in [3.05, 3.63) is 59.8 Å². The molecule has 3 aromatic rings. The summed E-state index contributed by atoms with van der Waals surface area (Å²) in [5.41, 5.74) is 6.43. The van der Waals surface area contributed by atoms with Crippen molar-refractivity contribution in [2.45, 2.75) is 46.7 Å². The van der Waals surface area contributed by atoms with Gasteiger partial charge in [0.15, 0.2) is 5.82 Å². The molecule has 0 bridgehead atoms. The van der Waals surface area contributed by atoms with Gasteiger partial charge in [-0.15, -0.1) is 0 Å². The van der Waals surface area contributed by atoms with Crippen LogP contribution in [0, 0.1) is 11.2 Å². The topological polar surface area (TPSA) is 152 Å². The van der Waals surface area contributed by atoms with Gasteiger partial charge in [0, 0.05) is 35.6 Å². The molecule has 2 aliphatic rings. The van der Waals surface area contributed by atoms with E-state index in [9.17, 15) is 17.6 Å². The summed E-state index contributed by atoms with van der Waals surface area (Å²) in [5.74, 6) is 0.114. The SMILES string of the molecule is C[C@@H]1OCC2(CCN(c3cnc(Sc4ccnc(NC(=O)NS(=O)(=O)c5ccc(F)cc5)c4Cl)cn3)CC2)[C@@H]1N. The van der Waals surface area contributed by atoms with Gasteiger partial charge in [-0.1, -0.05) is 23.4 Å². The number of carbonyl (C=O) groups is 1. The molecule has 2 aromatic heterocycles. The van der Waals surface area contributed by atoms with Crippen LogP contribution in [0.15, 0.2) is 63.7 Å². The predicted molar refractivity (Wildman–Crippen MR) is 148 cm³/mol. The van der Waals surface area contributed by atoms with E-state index in [4.69, 9.17) is 22.1 Å². The average molecular weight is 608 g/mol. The number of anilines is 2. The van der Waals surface area contributed by atoms with Gasteiger partial charge in [-0.3, -0.25) is 5.32 Å². The zero-order valence-corrected chi connectivity index (χ0v) is 23.8. The molecular weight excluding hydrogens is 581 g/mol. The minimum atomic E-state index is -4.23. The van der Waals surface area contributed by atoms with Crippen LogP contribution in [0.5, 0.6) is 0 Å². The Hall–Kier alpha value is -3.04. The Morgan fingerprint density at radius 1 is 1.18 bits per heavy atom. The first-order valence-electron chi connectivity index (χ1n) is 12.4. The third-order valence-corrected chi connectivity index (χ3v) is 10.0. The standard InChI is InChI=1S/C25H27ClFN7O4S2/c1-15-22(28)25(14-38-15)7-10-34(11-8-25)19-12-31-20(13-30-19)39-18-6-9-29-23(21(18)26)32-24(35)33-40(36,37)17-4-2-16(27)3-5-17/h2-6,9,12-13,15,22H,7-8,10-11,14,28H2,1H3,(H2,29,32,33,35)/t15-,22+/m0/s1. The zero-order chi connectivity index (χ0) is 28.5. The van der Waals surface area contributed by atoms with E-state index in [1.54, 1.807) is 18.5 Å². The van der Waals surface area contributed by atoms with Crippen molar-refractivity contribution in [1.29, 1.82) is 0 Å². The highest BCUT2D eigenvalue weighted by molar-refractivity contribution is 7.99. The maximum atomic E-state index is 13.1. The van der Waals surface area contributed by atoms with Crippen LogP contribution in [-0.4, -0.2) is 61.2 Å². The number of urea groups is 1. The van der Waals surface area contributed by atoms with Gasteiger partial charge in [0.05, 0.1) is 35.0 Å². The van der Waals surface area contributed by atoms with Crippen molar-refractivity contribution >= 4 is 51.1 Å². The fourth-order valence-electron chi connectivity index (χ4n) is 4.81. The molecular formula is C25H27ClFN7O4S2. The summed E-state index contributed by atoms with van der Waals surface area (Å²) >= 11 is 7.66. The number of nitrogens with two attached hydrogens (primary N) is 1. The van der Waals surface area contributed by atoms with Gasteiger partial charge in [0.25, 0.3) is 10.0 Å². The molecule has 2 aliphatic heterocycles. The number of ether oxygens (including phenoxy) is 1. The summed E-state index contributed by atoms with van der Waals surface area (Å²) in [5, 5.41) is 3.00. The predicted octanol–water partition coefficient (Wildman–Crippen LogP) is 3.66. The molecule has 1 aromatic carbocycles. The number of sulfonamides is 1. The number of nitrogens with one attached hydrogen (secondary N) is 2. The number of aromatic nitrogens is 3.